The highest BCUT2D eigenvalue weighted by molar-refractivity contribution is 6.31. The van der Waals surface area contributed by atoms with Crippen molar-refractivity contribution in [1.82, 2.24) is 5.32 Å². The van der Waals surface area contributed by atoms with Crippen LogP contribution >= 0.6 is 11.6 Å². The number of hydrogen-bond donors (Lipinski definition) is 1. The summed E-state index contributed by atoms with van der Waals surface area (Å²) in [5.41, 5.74) is 1.60. The molecule has 0 atom stereocenters. The van der Waals surface area contributed by atoms with Gasteiger partial charge in [0.05, 0.1) is 0 Å². The molecule has 1 aromatic rings. The van der Waals surface area contributed by atoms with E-state index in [1.165, 1.54) is 6.07 Å². The van der Waals surface area contributed by atoms with Gasteiger partial charge in [0.1, 0.15) is 5.82 Å². The van der Waals surface area contributed by atoms with Crippen LogP contribution in [-0.2, 0) is 6.54 Å². The Labute approximate surface area is 89.3 Å². The summed E-state index contributed by atoms with van der Waals surface area (Å²) in [6.45, 7) is 5.50. The first kappa shape index (κ1) is 11.5. The highest BCUT2D eigenvalue weighted by Crippen LogP contribution is 2.20. The average molecular weight is 216 g/mol. The third kappa shape index (κ3) is 2.96. The average Bonchev–Trinajstić information content (AvgIpc) is 2.14. The van der Waals surface area contributed by atoms with Crippen LogP contribution in [0.15, 0.2) is 12.1 Å². The Kier molecular flexibility index (Phi) is 4.36. The van der Waals surface area contributed by atoms with Crippen molar-refractivity contribution in [3.8, 4) is 0 Å². The van der Waals surface area contributed by atoms with Gasteiger partial charge in [-0.15, -0.1) is 0 Å². The van der Waals surface area contributed by atoms with E-state index in [1.54, 1.807) is 13.0 Å². The summed E-state index contributed by atoms with van der Waals surface area (Å²) in [5, 5.41) is 3.73. The van der Waals surface area contributed by atoms with Crippen molar-refractivity contribution in [3.63, 3.8) is 0 Å². The summed E-state index contributed by atoms with van der Waals surface area (Å²) in [5.74, 6) is -0.241. The van der Waals surface area contributed by atoms with Gasteiger partial charge >= 0.3 is 0 Å². The lowest BCUT2D eigenvalue weighted by atomic mass is 10.1. The van der Waals surface area contributed by atoms with E-state index in [-0.39, 0.29) is 5.82 Å². The number of halogens is 2. The monoisotopic (exact) mass is 215 g/mol. The standard InChI is InChI=1S/C11H15ClFN/c1-3-4-14-7-9-5-8(2)11(13)6-10(9)12/h5-6,14H,3-4,7H2,1-2H3. The highest BCUT2D eigenvalue weighted by atomic mass is 35.5. The Morgan fingerprint density at radius 2 is 2.14 bits per heavy atom. The van der Waals surface area contributed by atoms with E-state index < -0.39 is 0 Å². The number of hydrogen-bond acceptors (Lipinski definition) is 1. The molecule has 0 aliphatic heterocycles. The van der Waals surface area contributed by atoms with Crippen molar-refractivity contribution >= 4 is 11.6 Å². The minimum absolute atomic E-state index is 0.241. The van der Waals surface area contributed by atoms with E-state index >= 15 is 0 Å². The topological polar surface area (TPSA) is 12.0 Å². The van der Waals surface area contributed by atoms with Crippen LogP contribution in [-0.4, -0.2) is 6.54 Å². The molecule has 1 rings (SSSR count). The van der Waals surface area contributed by atoms with Gasteiger partial charge in [-0.2, -0.15) is 0 Å². The molecule has 3 heteroatoms. The maximum Gasteiger partial charge on any atom is 0.127 e. The summed E-state index contributed by atoms with van der Waals surface area (Å²) >= 11 is 5.90. The predicted molar refractivity (Wildman–Crippen MR) is 58.1 cm³/mol. The zero-order chi connectivity index (χ0) is 10.6. The predicted octanol–water partition coefficient (Wildman–Crippen LogP) is 3.29. The molecular weight excluding hydrogens is 201 g/mol. The lowest BCUT2D eigenvalue weighted by molar-refractivity contribution is 0.615. The summed E-state index contributed by atoms with van der Waals surface area (Å²) in [6, 6.07) is 3.17. The van der Waals surface area contributed by atoms with Gasteiger partial charge < -0.3 is 5.32 Å². The molecule has 14 heavy (non-hydrogen) atoms. The van der Waals surface area contributed by atoms with Gasteiger partial charge in [-0.25, -0.2) is 4.39 Å². The van der Waals surface area contributed by atoms with Crippen molar-refractivity contribution in [2.75, 3.05) is 6.54 Å². The lowest BCUT2D eigenvalue weighted by Gasteiger charge is -2.07. The van der Waals surface area contributed by atoms with E-state index in [0.29, 0.717) is 17.1 Å². The van der Waals surface area contributed by atoms with Gasteiger partial charge in [-0.1, -0.05) is 24.6 Å². The molecule has 1 N–H and O–H groups in total. The molecule has 0 aliphatic carbocycles. The molecule has 0 spiro atoms. The zero-order valence-electron chi connectivity index (χ0n) is 8.53. The van der Waals surface area contributed by atoms with Crippen molar-refractivity contribution in [2.24, 2.45) is 0 Å². The largest absolute Gasteiger partial charge is 0.313 e. The quantitative estimate of drug-likeness (QED) is 0.761. The third-order valence-electron chi connectivity index (χ3n) is 2.07. The summed E-state index contributed by atoms with van der Waals surface area (Å²) < 4.78 is 13.0. The maximum atomic E-state index is 13.0. The first-order valence-electron chi connectivity index (χ1n) is 4.80. The van der Waals surface area contributed by atoms with Crippen LogP contribution in [0.3, 0.4) is 0 Å². The Balaban J connectivity index is 2.72. The molecule has 0 radical (unpaired) electrons. The molecule has 1 nitrogen and oxygen atoms in total. The van der Waals surface area contributed by atoms with Gasteiger partial charge in [0.25, 0.3) is 0 Å². The number of aryl methyl sites for hydroxylation is 1. The molecule has 1 aromatic carbocycles. The first-order chi connectivity index (χ1) is 6.65. The second-order valence-corrected chi connectivity index (χ2v) is 3.78. The molecule has 0 heterocycles. The Morgan fingerprint density at radius 3 is 2.79 bits per heavy atom. The van der Waals surface area contributed by atoms with Crippen LogP contribution in [0.1, 0.15) is 24.5 Å². The van der Waals surface area contributed by atoms with Crippen molar-refractivity contribution in [3.05, 3.63) is 34.1 Å². The Morgan fingerprint density at radius 1 is 1.43 bits per heavy atom. The Hall–Kier alpha value is -0.600. The summed E-state index contributed by atoms with van der Waals surface area (Å²) in [7, 11) is 0. The minimum atomic E-state index is -0.241. The number of nitrogens with one attached hydrogen (secondary N) is 1. The minimum Gasteiger partial charge on any atom is -0.313 e. The van der Waals surface area contributed by atoms with Gasteiger partial charge in [-0.3, -0.25) is 0 Å². The molecular formula is C11H15ClFN. The molecule has 0 bridgehead atoms. The zero-order valence-corrected chi connectivity index (χ0v) is 9.29. The smallest absolute Gasteiger partial charge is 0.127 e. The fraction of sp³-hybridized carbons (Fsp3) is 0.455. The molecule has 0 aliphatic rings. The van der Waals surface area contributed by atoms with E-state index in [9.17, 15) is 4.39 Å². The molecule has 0 aromatic heterocycles. The van der Waals surface area contributed by atoms with Crippen LogP contribution in [0.2, 0.25) is 5.02 Å². The second-order valence-electron chi connectivity index (χ2n) is 3.37. The van der Waals surface area contributed by atoms with Crippen LogP contribution in [0, 0.1) is 12.7 Å². The van der Waals surface area contributed by atoms with E-state index in [4.69, 9.17) is 11.6 Å². The fourth-order valence-electron chi connectivity index (χ4n) is 1.25. The van der Waals surface area contributed by atoms with Gasteiger partial charge in [0.15, 0.2) is 0 Å². The molecule has 0 unspecified atom stereocenters. The van der Waals surface area contributed by atoms with Gasteiger partial charge in [-0.05, 0) is 37.1 Å². The Bertz CT molecular complexity index is 312. The second kappa shape index (κ2) is 5.32. The number of rotatable bonds is 4. The van der Waals surface area contributed by atoms with Crippen LogP contribution in [0.5, 0.6) is 0 Å². The summed E-state index contributed by atoms with van der Waals surface area (Å²) in [4.78, 5) is 0. The van der Waals surface area contributed by atoms with Crippen LogP contribution in [0.4, 0.5) is 4.39 Å². The van der Waals surface area contributed by atoms with Crippen LogP contribution in [0.25, 0.3) is 0 Å². The van der Waals surface area contributed by atoms with Crippen molar-refractivity contribution < 1.29 is 4.39 Å². The van der Waals surface area contributed by atoms with Crippen molar-refractivity contribution in [2.45, 2.75) is 26.8 Å². The normalized spacial score (nSPS) is 10.6. The SMILES string of the molecule is CCCNCc1cc(C)c(F)cc1Cl. The first-order valence-corrected chi connectivity index (χ1v) is 5.18. The highest BCUT2D eigenvalue weighted by Gasteiger charge is 2.04. The molecule has 0 amide bonds. The van der Waals surface area contributed by atoms with Crippen LogP contribution < -0.4 is 5.32 Å². The maximum absolute atomic E-state index is 13.0. The van der Waals surface area contributed by atoms with E-state index in [2.05, 4.69) is 12.2 Å². The van der Waals surface area contributed by atoms with Gasteiger partial charge in [0, 0.05) is 11.6 Å². The number of benzene rings is 1. The van der Waals surface area contributed by atoms with Gasteiger partial charge in [0.2, 0.25) is 0 Å². The molecule has 0 fully saturated rings. The molecule has 78 valence electrons. The molecule has 0 saturated heterocycles. The fourth-order valence-corrected chi connectivity index (χ4v) is 1.47. The van der Waals surface area contributed by atoms with E-state index in [1.807, 2.05) is 0 Å². The third-order valence-corrected chi connectivity index (χ3v) is 2.42. The van der Waals surface area contributed by atoms with Crippen molar-refractivity contribution in [1.29, 1.82) is 0 Å². The molecule has 0 saturated carbocycles. The lowest BCUT2D eigenvalue weighted by Crippen LogP contribution is -2.14. The summed E-state index contributed by atoms with van der Waals surface area (Å²) in [6.07, 6.45) is 1.08. The van der Waals surface area contributed by atoms with E-state index in [0.717, 1.165) is 18.5 Å².